The number of carbonyl (C=O) groups is 1. The quantitative estimate of drug-likeness (QED) is 0.162. The molecule has 3 heterocycles. The highest BCUT2D eigenvalue weighted by Crippen LogP contribution is 2.40. The Balaban J connectivity index is 1.60. The summed E-state index contributed by atoms with van der Waals surface area (Å²) in [5.74, 6) is 0.990. The van der Waals surface area contributed by atoms with Crippen LogP contribution < -0.4 is 19.6 Å². The lowest BCUT2D eigenvalue weighted by atomic mass is 9.92. The van der Waals surface area contributed by atoms with Crippen LogP contribution in [0.2, 0.25) is 5.02 Å². The minimum atomic E-state index is -0.930. The zero-order valence-corrected chi connectivity index (χ0v) is 28.1. The number of hydrogen-bond acceptors (Lipinski definition) is 7. The molecule has 11 heteroatoms. The van der Waals surface area contributed by atoms with Crippen LogP contribution in [0.3, 0.4) is 0 Å². The van der Waals surface area contributed by atoms with Gasteiger partial charge in [-0.05, 0) is 55.5 Å². The van der Waals surface area contributed by atoms with Crippen molar-refractivity contribution >= 4 is 72.5 Å². The van der Waals surface area contributed by atoms with Crippen LogP contribution in [0.5, 0.6) is 5.75 Å². The second-order valence-corrected chi connectivity index (χ2v) is 12.9. The second-order valence-electron chi connectivity index (χ2n) is 9.64. The van der Waals surface area contributed by atoms with Crippen LogP contribution in [0.1, 0.15) is 29.9 Å². The smallest absolute Gasteiger partial charge is 0.338 e. The maximum atomic E-state index is 14.2. The zero-order valence-electron chi connectivity index (χ0n) is 23.3. The predicted octanol–water partition coefficient (Wildman–Crippen LogP) is 7.38. The summed E-state index contributed by atoms with van der Waals surface area (Å²) >= 11 is 14.7. The van der Waals surface area contributed by atoms with E-state index in [1.807, 2.05) is 54.6 Å². The Morgan fingerprint density at radius 2 is 1.89 bits per heavy atom. The second kappa shape index (κ2) is 12.7. The molecule has 1 aliphatic rings. The number of carbonyl (C=O) groups excluding carboxylic acids is 1. The molecule has 2 aromatic heterocycles. The summed E-state index contributed by atoms with van der Waals surface area (Å²) in [4.78, 5) is 33.2. The monoisotopic (exact) mass is 752 g/mol. The highest BCUT2D eigenvalue weighted by atomic mass is 79.9. The molecule has 44 heavy (non-hydrogen) atoms. The number of methoxy groups -OCH3 is 1. The van der Waals surface area contributed by atoms with E-state index >= 15 is 0 Å². The highest BCUT2D eigenvalue weighted by Gasteiger charge is 2.37. The van der Waals surface area contributed by atoms with E-state index in [2.05, 4.69) is 31.9 Å². The first-order chi connectivity index (χ1) is 21.3. The number of esters is 1. The molecule has 0 amide bonds. The van der Waals surface area contributed by atoms with Crippen molar-refractivity contribution in [2.75, 3.05) is 13.7 Å². The van der Waals surface area contributed by atoms with Gasteiger partial charge in [-0.25, -0.2) is 9.79 Å². The van der Waals surface area contributed by atoms with Gasteiger partial charge < -0.3 is 13.9 Å². The van der Waals surface area contributed by atoms with Gasteiger partial charge in [-0.3, -0.25) is 9.36 Å². The van der Waals surface area contributed by atoms with E-state index in [0.717, 1.165) is 14.5 Å². The topological polar surface area (TPSA) is 83.0 Å². The van der Waals surface area contributed by atoms with Crippen LogP contribution in [0.25, 0.3) is 23.1 Å². The zero-order chi connectivity index (χ0) is 31.0. The van der Waals surface area contributed by atoms with Crippen LogP contribution in [-0.4, -0.2) is 24.3 Å². The Bertz CT molecular complexity index is 2120. The minimum Gasteiger partial charge on any atom is -0.496 e. The van der Waals surface area contributed by atoms with Gasteiger partial charge >= 0.3 is 5.97 Å². The van der Waals surface area contributed by atoms with Gasteiger partial charge in [-0.15, -0.1) is 0 Å². The molecule has 0 saturated carbocycles. The van der Waals surface area contributed by atoms with Gasteiger partial charge in [0.25, 0.3) is 5.56 Å². The maximum Gasteiger partial charge on any atom is 0.338 e. The molecule has 0 radical (unpaired) electrons. The largest absolute Gasteiger partial charge is 0.496 e. The number of ether oxygens (including phenoxy) is 2. The van der Waals surface area contributed by atoms with Crippen LogP contribution in [0.4, 0.5) is 0 Å². The van der Waals surface area contributed by atoms with Gasteiger partial charge in [-0.2, -0.15) is 0 Å². The lowest BCUT2D eigenvalue weighted by Crippen LogP contribution is -2.40. The normalized spacial score (nSPS) is 14.8. The summed E-state index contributed by atoms with van der Waals surface area (Å²) < 4.78 is 21.0. The van der Waals surface area contributed by atoms with Crippen LogP contribution in [0.15, 0.2) is 108 Å². The molecule has 0 fully saturated rings. The van der Waals surface area contributed by atoms with Gasteiger partial charge in [0.05, 0.1) is 29.5 Å². The third-order valence-electron chi connectivity index (χ3n) is 6.95. The van der Waals surface area contributed by atoms with Gasteiger partial charge in [0, 0.05) is 36.7 Å². The fraction of sp³-hybridized carbons (Fsp3) is 0.121. The van der Waals surface area contributed by atoms with Crippen molar-refractivity contribution in [1.29, 1.82) is 0 Å². The van der Waals surface area contributed by atoms with Gasteiger partial charge in [0.2, 0.25) is 0 Å². The van der Waals surface area contributed by atoms with E-state index in [1.165, 1.54) is 23.0 Å². The standard InChI is InChI=1S/C33H23Br2ClN2O5S/c1-3-42-32(40)28-29(18-7-5-4-6-8-18)37-33-38(30(28)23-16-20(36)10-13-25(23)41-2)31(39)27(44-33)17-21-11-14-26(43-21)22-15-19(34)9-12-24(22)35/h4-17,30H,3H2,1-2H3/b27-17-/t30-/m1/s1. The van der Waals surface area contributed by atoms with E-state index < -0.39 is 12.0 Å². The van der Waals surface area contributed by atoms with Crippen LogP contribution >= 0.6 is 54.8 Å². The molecule has 6 rings (SSSR count). The summed E-state index contributed by atoms with van der Waals surface area (Å²) in [6.07, 6.45) is 1.68. The molecule has 1 aliphatic heterocycles. The van der Waals surface area contributed by atoms with Crippen molar-refractivity contribution < 1.29 is 18.7 Å². The minimum absolute atomic E-state index is 0.142. The molecular formula is C33H23Br2ClN2O5S. The SMILES string of the molecule is CCOC(=O)C1=C(c2ccccc2)N=c2s/c(=C\c3ccc(-c4cc(Br)ccc4Br)o3)c(=O)n2[C@@H]1c1cc(Cl)ccc1OC. The van der Waals surface area contributed by atoms with E-state index in [1.54, 1.807) is 37.3 Å². The number of furan rings is 1. The average molecular weight is 755 g/mol. The Morgan fingerprint density at radius 3 is 2.64 bits per heavy atom. The molecule has 0 spiro atoms. The molecule has 0 saturated heterocycles. The first-order valence-corrected chi connectivity index (χ1v) is 16.2. The van der Waals surface area contributed by atoms with Gasteiger partial charge in [0.15, 0.2) is 4.80 Å². The summed E-state index contributed by atoms with van der Waals surface area (Å²) in [5, 5.41) is 0.422. The van der Waals surface area contributed by atoms with Crippen LogP contribution in [0, 0.1) is 0 Å². The molecule has 0 aliphatic carbocycles. The fourth-order valence-corrected chi connectivity index (χ4v) is 7.01. The molecule has 7 nitrogen and oxygen atoms in total. The van der Waals surface area contributed by atoms with Crippen molar-refractivity contribution in [1.82, 2.24) is 4.57 Å². The average Bonchev–Trinajstić information content (AvgIpc) is 3.62. The molecule has 222 valence electrons. The number of fused-ring (bicyclic) bond motifs is 1. The van der Waals surface area contributed by atoms with Crippen molar-refractivity contribution in [2.45, 2.75) is 13.0 Å². The van der Waals surface area contributed by atoms with Crippen molar-refractivity contribution in [2.24, 2.45) is 4.99 Å². The number of nitrogens with zero attached hydrogens (tertiary/aromatic N) is 2. The van der Waals surface area contributed by atoms with Crippen molar-refractivity contribution in [3.05, 3.63) is 135 Å². The van der Waals surface area contributed by atoms with E-state index in [0.29, 0.717) is 48.5 Å². The first-order valence-electron chi connectivity index (χ1n) is 13.5. The Labute approximate surface area is 278 Å². The lowest BCUT2D eigenvalue weighted by Gasteiger charge is -2.27. The van der Waals surface area contributed by atoms with Gasteiger partial charge in [0.1, 0.15) is 23.3 Å². The van der Waals surface area contributed by atoms with Crippen LogP contribution in [-0.2, 0) is 9.53 Å². The predicted molar refractivity (Wildman–Crippen MR) is 179 cm³/mol. The number of thiazole rings is 1. The summed E-state index contributed by atoms with van der Waals surface area (Å²) in [7, 11) is 1.53. The molecule has 3 aromatic carbocycles. The number of halogens is 3. The molecular weight excluding hydrogens is 732 g/mol. The number of rotatable bonds is 7. The Hall–Kier alpha value is -3.70. The summed E-state index contributed by atoms with van der Waals surface area (Å²) in [5.41, 5.74) is 2.35. The number of benzene rings is 3. The van der Waals surface area contributed by atoms with E-state index in [-0.39, 0.29) is 17.7 Å². The maximum absolute atomic E-state index is 14.2. The third kappa shape index (κ3) is 5.75. The number of aromatic nitrogens is 1. The van der Waals surface area contributed by atoms with E-state index in [4.69, 9.17) is 30.5 Å². The van der Waals surface area contributed by atoms with Crippen molar-refractivity contribution in [3.8, 4) is 17.1 Å². The highest BCUT2D eigenvalue weighted by molar-refractivity contribution is 9.11. The molecule has 0 bridgehead atoms. The summed E-state index contributed by atoms with van der Waals surface area (Å²) in [6, 6.07) is 23.0. The Morgan fingerprint density at radius 1 is 1.09 bits per heavy atom. The molecule has 0 unspecified atom stereocenters. The first kappa shape index (κ1) is 30.3. The fourth-order valence-electron chi connectivity index (χ4n) is 5.04. The van der Waals surface area contributed by atoms with Crippen molar-refractivity contribution in [3.63, 3.8) is 0 Å². The van der Waals surface area contributed by atoms with Gasteiger partial charge in [-0.1, -0.05) is 85.1 Å². The lowest BCUT2D eigenvalue weighted by molar-refractivity contribution is -0.138. The Kier molecular flexibility index (Phi) is 8.77. The summed E-state index contributed by atoms with van der Waals surface area (Å²) in [6.45, 7) is 1.87. The molecule has 0 N–H and O–H groups in total. The third-order valence-corrected chi connectivity index (χ3v) is 9.36. The molecule has 1 atom stereocenters. The number of hydrogen-bond donors (Lipinski definition) is 0. The molecule has 5 aromatic rings. The van der Waals surface area contributed by atoms with E-state index in [9.17, 15) is 9.59 Å².